The quantitative estimate of drug-likeness (QED) is 0.604. The van der Waals surface area contributed by atoms with Crippen LogP contribution in [0, 0.1) is 5.92 Å². The lowest BCUT2D eigenvalue weighted by molar-refractivity contribution is -0.0870. The summed E-state index contributed by atoms with van der Waals surface area (Å²) in [5.41, 5.74) is -0.505. The van der Waals surface area contributed by atoms with Gasteiger partial charge in [0.1, 0.15) is 0 Å². The molecule has 0 radical (unpaired) electrons. The van der Waals surface area contributed by atoms with E-state index >= 15 is 0 Å². The van der Waals surface area contributed by atoms with Crippen LogP contribution in [0.15, 0.2) is 12.7 Å². The highest BCUT2D eigenvalue weighted by atomic mass is 32.2. The molecule has 1 aliphatic heterocycles. The molecule has 2 aliphatic rings. The third kappa shape index (κ3) is 3.92. The van der Waals surface area contributed by atoms with E-state index < -0.39 is 5.60 Å². The first-order chi connectivity index (χ1) is 9.65. The van der Waals surface area contributed by atoms with Gasteiger partial charge >= 0.3 is 6.03 Å². The third-order valence-corrected chi connectivity index (χ3v) is 5.44. The van der Waals surface area contributed by atoms with E-state index in [1.165, 1.54) is 6.42 Å². The van der Waals surface area contributed by atoms with Gasteiger partial charge in [0.15, 0.2) is 0 Å². The van der Waals surface area contributed by atoms with Crippen molar-refractivity contribution in [3.05, 3.63) is 12.7 Å². The van der Waals surface area contributed by atoms with Crippen LogP contribution in [0.4, 0.5) is 4.79 Å². The summed E-state index contributed by atoms with van der Waals surface area (Å²) in [4.78, 5) is 14.0. The number of fused-ring (bicyclic) bond motifs is 1. The van der Waals surface area contributed by atoms with Crippen LogP contribution >= 0.6 is 11.8 Å². The minimum Gasteiger partial charge on any atom is -0.389 e. The molecule has 2 fully saturated rings. The molecule has 1 saturated heterocycles. The average molecular weight is 298 g/mol. The molecule has 114 valence electrons. The Balaban J connectivity index is 1.73. The molecule has 2 atom stereocenters. The van der Waals surface area contributed by atoms with E-state index in [1.807, 2.05) is 11.0 Å². The average Bonchev–Trinajstić information content (AvgIpc) is 2.46. The van der Waals surface area contributed by atoms with Gasteiger partial charge in [0.2, 0.25) is 0 Å². The van der Waals surface area contributed by atoms with Gasteiger partial charge in [0, 0.05) is 37.1 Å². The predicted molar refractivity (Wildman–Crippen MR) is 84.0 cm³/mol. The number of hydrogen-bond donors (Lipinski definition) is 2. The summed E-state index contributed by atoms with van der Waals surface area (Å²) in [7, 11) is 0. The normalized spacial score (nSPS) is 29.6. The van der Waals surface area contributed by atoms with Gasteiger partial charge in [-0.3, -0.25) is 0 Å². The number of hydrogen-bond acceptors (Lipinski definition) is 3. The van der Waals surface area contributed by atoms with Gasteiger partial charge in [-0.2, -0.15) is 11.8 Å². The van der Waals surface area contributed by atoms with E-state index in [0.29, 0.717) is 19.6 Å². The molecule has 4 nitrogen and oxygen atoms in total. The topological polar surface area (TPSA) is 52.6 Å². The van der Waals surface area contributed by atoms with Crippen molar-refractivity contribution in [1.29, 1.82) is 0 Å². The van der Waals surface area contributed by atoms with Crippen molar-refractivity contribution in [2.24, 2.45) is 5.92 Å². The SMILES string of the molecule is C=CCSCCNC(=O)N1CCC2(O)CCCCC2C1. The summed E-state index contributed by atoms with van der Waals surface area (Å²) in [6.45, 7) is 5.76. The van der Waals surface area contributed by atoms with Crippen LogP contribution in [-0.4, -0.2) is 52.8 Å². The zero-order valence-corrected chi connectivity index (χ0v) is 13.0. The fourth-order valence-corrected chi connectivity index (χ4v) is 3.84. The lowest BCUT2D eigenvalue weighted by atomic mass is 9.71. The van der Waals surface area contributed by atoms with E-state index in [1.54, 1.807) is 11.8 Å². The molecule has 1 saturated carbocycles. The van der Waals surface area contributed by atoms with E-state index in [0.717, 1.165) is 37.2 Å². The maximum Gasteiger partial charge on any atom is 0.317 e. The minimum atomic E-state index is -0.505. The van der Waals surface area contributed by atoms with Crippen molar-refractivity contribution in [2.45, 2.75) is 37.7 Å². The standard InChI is InChI=1S/C15H26N2O2S/c1-2-10-20-11-8-16-14(18)17-9-7-15(19)6-4-3-5-13(15)12-17/h2,13,19H,1,3-12H2,(H,16,18). The minimum absolute atomic E-state index is 0.0248. The Kier molecular flexibility index (Phi) is 5.78. The Bertz CT molecular complexity index is 351. The number of piperidine rings is 1. The number of nitrogens with one attached hydrogen (secondary N) is 1. The maximum atomic E-state index is 12.1. The summed E-state index contributed by atoms with van der Waals surface area (Å²) >= 11 is 1.77. The van der Waals surface area contributed by atoms with Crippen LogP contribution in [0.2, 0.25) is 0 Å². The zero-order chi connectivity index (χ0) is 14.4. The summed E-state index contributed by atoms with van der Waals surface area (Å²) in [5.74, 6) is 2.11. The second kappa shape index (κ2) is 7.36. The molecule has 0 aromatic carbocycles. The van der Waals surface area contributed by atoms with Crippen LogP contribution in [0.1, 0.15) is 32.1 Å². The maximum absolute atomic E-state index is 12.1. The Hall–Kier alpha value is -0.680. The van der Waals surface area contributed by atoms with Crippen molar-refractivity contribution < 1.29 is 9.90 Å². The fourth-order valence-electron chi connectivity index (χ4n) is 3.26. The molecular formula is C15H26N2O2S. The van der Waals surface area contributed by atoms with Crippen LogP contribution in [0.25, 0.3) is 0 Å². The number of thioether (sulfide) groups is 1. The number of aliphatic hydroxyl groups is 1. The van der Waals surface area contributed by atoms with Gasteiger partial charge in [-0.25, -0.2) is 4.79 Å². The van der Waals surface area contributed by atoms with Gasteiger partial charge in [0.25, 0.3) is 0 Å². The Morgan fingerprint density at radius 3 is 3.15 bits per heavy atom. The highest BCUT2D eigenvalue weighted by Crippen LogP contribution is 2.39. The van der Waals surface area contributed by atoms with Gasteiger partial charge in [-0.05, 0) is 19.3 Å². The van der Waals surface area contributed by atoms with E-state index in [2.05, 4.69) is 11.9 Å². The second-order valence-corrected chi connectivity index (χ2v) is 6.99. The largest absolute Gasteiger partial charge is 0.389 e. The molecule has 2 amide bonds. The summed E-state index contributed by atoms with van der Waals surface area (Å²) in [5, 5.41) is 13.6. The highest BCUT2D eigenvalue weighted by Gasteiger charge is 2.43. The van der Waals surface area contributed by atoms with Gasteiger partial charge in [-0.1, -0.05) is 18.9 Å². The Labute approximate surface area is 126 Å². The number of likely N-dealkylation sites (tertiary alicyclic amines) is 1. The molecule has 0 bridgehead atoms. The smallest absolute Gasteiger partial charge is 0.317 e. The van der Waals surface area contributed by atoms with Gasteiger partial charge in [-0.15, -0.1) is 6.58 Å². The molecule has 2 unspecified atom stereocenters. The molecule has 2 N–H and O–H groups in total. The van der Waals surface area contributed by atoms with Crippen molar-refractivity contribution in [1.82, 2.24) is 10.2 Å². The predicted octanol–water partition coefficient (Wildman–Crippen LogP) is 2.24. The van der Waals surface area contributed by atoms with Gasteiger partial charge in [0.05, 0.1) is 5.60 Å². The van der Waals surface area contributed by atoms with Crippen molar-refractivity contribution in [3.8, 4) is 0 Å². The molecule has 5 heteroatoms. The lowest BCUT2D eigenvalue weighted by Gasteiger charge is -2.47. The van der Waals surface area contributed by atoms with Crippen LogP contribution < -0.4 is 5.32 Å². The van der Waals surface area contributed by atoms with Gasteiger partial charge < -0.3 is 15.3 Å². The first kappa shape index (κ1) is 15.7. The number of carbonyl (C=O) groups is 1. The second-order valence-electron chi connectivity index (χ2n) is 5.84. The van der Waals surface area contributed by atoms with Crippen LogP contribution in [0.5, 0.6) is 0 Å². The zero-order valence-electron chi connectivity index (χ0n) is 12.1. The van der Waals surface area contributed by atoms with Crippen molar-refractivity contribution in [2.75, 3.05) is 31.1 Å². The van der Waals surface area contributed by atoms with E-state index in [-0.39, 0.29) is 11.9 Å². The molecule has 1 aliphatic carbocycles. The Morgan fingerprint density at radius 1 is 1.50 bits per heavy atom. The molecule has 2 rings (SSSR count). The number of nitrogens with zero attached hydrogens (tertiary/aromatic N) is 1. The molecule has 20 heavy (non-hydrogen) atoms. The number of urea groups is 1. The number of carbonyl (C=O) groups excluding carboxylic acids is 1. The van der Waals surface area contributed by atoms with E-state index in [4.69, 9.17) is 0 Å². The Morgan fingerprint density at radius 2 is 2.35 bits per heavy atom. The number of amides is 2. The van der Waals surface area contributed by atoms with Crippen LogP contribution in [-0.2, 0) is 0 Å². The monoisotopic (exact) mass is 298 g/mol. The molecule has 1 heterocycles. The molecule has 0 aromatic rings. The third-order valence-electron chi connectivity index (χ3n) is 4.47. The molecular weight excluding hydrogens is 272 g/mol. The molecule has 0 aromatic heterocycles. The molecule has 0 spiro atoms. The summed E-state index contributed by atoms with van der Waals surface area (Å²) in [6.07, 6.45) is 6.87. The van der Waals surface area contributed by atoms with Crippen LogP contribution in [0.3, 0.4) is 0 Å². The fraction of sp³-hybridized carbons (Fsp3) is 0.800. The summed E-state index contributed by atoms with van der Waals surface area (Å²) in [6, 6.07) is 0.0248. The highest BCUT2D eigenvalue weighted by molar-refractivity contribution is 7.99. The lowest BCUT2D eigenvalue weighted by Crippen LogP contribution is -2.56. The van der Waals surface area contributed by atoms with Crippen molar-refractivity contribution in [3.63, 3.8) is 0 Å². The van der Waals surface area contributed by atoms with Crippen molar-refractivity contribution >= 4 is 17.8 Å². The first-order valence-electron chi connectivity index (χ1n) is 7.59. The summed E-state index contributed by atoms with van der Waals surface area (Å²) < 4.78 is 0. The van der Waals surface area contributed by atoms with E-state index in [9.17, 15) is 9.90 Å². The number of rotatable bonds is 5. The first-order valence-corrected chi connectivity index (χ1v) is 8.75.